The van der Waals surface area contributed by atoms with Gasteiger partial charge in [-0.25, -0.2) is 0 Å². The lowest BCUT2D eigenvalue weighted by atomic mass is 9.96. The lowest BCUT2D eigenvalue weighted by molar-refractivity contribution is -0.188. The average Bonchev–Trinajstić information content (AvgIpc) is 2.61. The molecule has 0 aliphatic carbocycles. The van der Waals surface area contributed by atoms with Gasteiger partial charge < -0.3 is 11.1 Å². The lowest BCUT2D eigenvalue weighted by Gasteiger charge is -2.36. The fourth-order valence-electron chi connectivity index (χ4n) is 3.09. The van der Waals surface area contributed by atoms with Crippen molar-refractivity contribution in [3.8, 4) is 0 Å². The summed E-state index contributed by atoms with van der Waals surface area (Å²) in [6.45, 7) is 2.30. The maximum atomic E-state index is 13.1. The summed E-state index contributed by atoms with van der Waals surface area (Å²) < 4.78 is 39.2. The van der Waals surface area contributed by atoms with Crippen LogP contribution in [0.5, 0.6) is 0 Å². The molecule has 1 aliphatic rings. The lowest BCUT2D eigenvalue weighted by Crippen LogP contribution is -2.43. The highest BCUT2D eigenvalue weighted by Gasteiger charge is 2.42. The molecule has 140 valence electrons. The Kier molecular flexibility index (Phi) is 5.26. The number of nitrogen functional groups attached to an aromatic ring is 1. The number of piperidine rings is 1. The second kappa shape index (κ2) is 7.45. The summed E-state index contributed by atoms with van der Waals surface area (Å²) in [6.07, 6.45) is -3.53. The molecule has 3 N–H and O–H groups in total. The number of rotatable bonds is 4. The number of aromatic nitrogens is 3. The van der Waals surface area contributed by atoms with Crippen molar-refractivity contribution in [3.63, 3.8) is 0 Å². The predicted octanol–water partition coefficient (Wildman–Crippen LogP) is 3.53. The Labute approximate surface area is 149 Å². The Hall–Kier alpha value is -2.42. The molecule has 6 nitrogen and oxygen atoms in total. The Balaban J connectivity index is 1.77. The number of halogens is 3. The maximum Gasteiger partial charge on any atom is 0.393 e. The van der Waals surface area contributed by atoms with Crippen LogP contribution >= 0.6 is 0 Å². The summed E-state index contributed by atoms with van der Waals surface area (Å²) in [4.78, 5) is 14.3. The molecule has 1 saturated heterocycles. The van der Waals surface area contributed by atoms with Gasteiger partial charge in [0.2, 0.25) is 11.9 Å². The predicted molar refractivity (Wildman–Crippen MR) is 92.7 cm³/mol. The largest absolute Gasteiger partial charge is 0.393 e. The number of alkyl halides is 3. The zero-order valence-electron chi connectivity index (χ0n) is 14.4. The van der Waals surface area contributed by atoms with Crippen LogP contribution in [0.15, 0.2) is 30.3 Å². The van der Waals surface area contributed by atoms with Crippen LogP contribution < -0.4 is 11.1 Å². The number of benzene rings is 1. The van der Waals surface area contributed by atoms with E-state index in [2.05, 4.69) is 20.3 Å². The minimum absolute atomic E-state index is 0.0321. The molecule has 1 aromatic carbocycles. The molecule has 3 rings (SSSR count). The van der Waals surface area contributed by atoms with Crippen molar-refractivity contribution in [2.75, 3.05) is 24.1 Å². The van der Waals surface area contributed by atoms with Crippen molar-refractivity contribution in [2.45, 2.75) is 32.0 Å². The molecule has 26 heavy (non-hydrogen) atoms. The third-order valence-corrected chi connectivity index (χ3v) is 4.54. The van der Waals surface area contributed by atoms with E-state index >= 15 is 0 Å². The Bertz CT molecular complexity index is 737. The van der Waals surface area contributed by atoms with Crippen molar-refractivity contribution in [3.05, 3.63) is 36.2 Å². The van der Waals surface area contributed by atoms with Crippen LogP contribution in [0.4, 0.5) is 30.8 Å². The highest BCUT2D eigenvalue weighted by Crippen LogP contribution is 2.35. The van der Waals surface area contributed by atoms with E-state index in [-0.39, 0.29) is 30.9 Å². The zero-order chi connectivity index (χ0) is 18.7. The topological polar surface area (TPSA) is 80.0 Å². The molecular weight excluding hydrogens is 345 g/mol. The summed E-state index contributed by atoms with van der Waals surface area (Å²) in [5, 5.41) is 3.04. The Morgan fingerprint density at radius 3 is 2.62 bits per heavy atom. The van der Waals surface area contributed by atoms with Crippen LogP contribution in [-0.2, 0) is 0 Å². The van der Waals surface area contributed by atoms with Crippen molar-refractivity contribution >= 4 is 17.6 Å². The van der Waals surface area contributed by atoms with Gasteiger partial charge in [-0.2, -0.15) is 28.1 Å². The van der Waals surface area contributed by atoms with E-state index < -0.39 is 12.1 Å². The molecule has 2 atom stereocenters. The summed E-state index contributed by atoms with van der Waals surface area (Å²) in [5.41, 5.74) is 6.56. The van der Waals surface area contributed by atoms with E-state index in [4.69, 9.17) is 5.73 Å². The Morgan fingerprint density at radius 2 is 1.92 bits per heavy atom. The molecule has 2 unspecified atom stereocenters. The van der Waals surface area contributed by atoms with Crippen LogP contribution in [0.25, 0.3) is 0 Å². The third-order valence-electron chi connectivity index (χ3n) is 4.54. The smallest absolute Gasteiger partial charge is 0.368 e. The van der Waals surface area contributed by atoms with Gasteiger partial charge in [-0.1, -0.05) is 18.2 Å². The Morgan fingerprint density at radius 1 is 1.19 bits per heavy atom. The first-order valence-electron chi connectivity index (χ1n) is 8.47. The normalized spacial score (nSPS) is 19.9. The monoisotopic (exact) mass is 366 g/mol. The molecule has 0 saturated carbocycles. The first-order valence-corrected chi connectivity index (χ1v) is 8.47. The van der Waals surface area contributed by atoms with Crippen molar-refractivity contribution < 1.29 is 13.2 Å². The van der Waals surface area contributed by atoms with Crippen LogP contribution in [0, 0.1) is 5.92 Å². The van der Waals surface area contributed by atoms with E-state index in [1.54, 1.807) is 11.8 Å². The van der Waals surface area contributed by atoms with E-state index in [1.165, 1.54) is 0 Å². The van der Waals surface area contributed by atoms with E-state index in [0.717, 1.165) is 5.69 Å². The highest BCUT2D eigenvalue weighted by molar-refractivity contribution is 5.53. The second-order valence-electron chi connectivity index (χ2n) is 6.42. The fourth-order valence-corrected chi connectivity index (χ4v) is 3.09. The second-order valence-corrected chi connectivity index (χ2v) is 6.42. The average molecular weight is 366 g/mol. The number of likely N-dealkylation sites (tertiary alicyclic amines) is 1. The molecule has 1 fully saturated rings. The number of para-hydroxylation sites is 1. The maximum absolute atomic E-state index is 13.1. The molecule has 0 spiro atoms. The summed E-state index contributed by atoms with van der Waals surface area (Å²) in [6, 6.07) is 8.92. The minimum atomic E-state index is -4.18. The number of nitrogens with zero attached hydrogens (tertiary/aromatic N) is 4. The van der Waals surface area contributed by atoms with E-state index in [9.17, 15) is 13.2 Å². The molecule has 0 bridgehead atoms. The fraction of sp³-hybridized carbons (Fsp3) is 0.471. The van der Waals surface area contributed by atoms with Gasteiger partial charge in [-0.05, 0) is 38.4 Å². The quantitative estimate of drug-likeness (QED) is 0.862. The van der Waals surface area contributed by atoms with E-state index in [1.807, 2.05) is 30.3 Å². The van der Waals surface area contributed by atoms with Gasteiger partial charge in [0.25, 0.3) is 0 Å². The number of anilines is 3. The molecule has 2 heterocycles. The van der Waals surface area contributed by atoms with Crippen molar-refractivity contribution in [1.82, 2.24) is 19.9 Å². The van der Waals surface area contributed by atoms with Gasteiger partial charge >= 0.3 is 6.18 Å². The number of hydrogen-bond acceptors (Lipinski definition) is 6. The molecule has 9 heteroatoms. The first-order chi connectivity index (χ1) is 12.3. The van der Waals surface area contributed by atoms with Gasteiger partial charge in [-0.3, -0.25) is 4.90 Å². The van der Waals surface area contributed by atoms with Crippen LogP contribution in [-0.4, -0.2) is 39.1 Å². The van der Waals surface area contributed by atoms with Crippen molar-refractivity contribution in [2.24, 2.45) is 5.92 Å². The van der Waals surface area contributed by atoms with Gasteiger partial charge in [0.1, 0.15) is 0 Å². The summed E-state index contributed by atoms with van der Waals surface area (Å²) >= 11 is 0. The molecule has 1 aromatic heterocycles. The van der Waals surface area contributed by atoms with Crippen LogP contribution in [0.2, 0.25) is 0 Å². The molecule has 0 amide bonds. The van der Waals surface area contributed by atoms with Gasteiger partial charge in [0.05, 0.1) is 12.0 Å². The van der Waals surface area contributed by atoms with Crippen LogP contribution in [0.3, 0.4) is 0 Å². The highest BCUT2D eigenvalue weighted by atomic mass is 19.4. The number of hydrogen-bond donors (Lipinski definition) is 2. The first kappa shape index (κ1) is 18.4. The third kappa shape index (κ3) is 4.40. The zero-order valence-corrected chi connectivity index (χ0v) is 14.4. The van der Waals surface area contributed by atoms with Crippen molar-refractivity contribution in [1.29, 1.82) is 0 Å². The molecule has 2 aromatic rings. The van der Waals surface area contributed by atoms with Gasteiger partial charge in [-0.15, -0.1) is 0 Å². The standard InChI is InChI=1S/C17H21F3N6/c1-11(26-9-5-6-12(10-26)17(18,19)20)14-23-15(21)25-16(24-14)22-13-7-3-2-4-8-13/h2-4,7-8,11-12H,5-6,9-10H2,1H3,(H3,21,22,23,24,25). The molecule has 0 radical (unpaired) electrons. The number of nitrogens with one attached hydrogen (secondary N) is 1. The van der Waals surface area contributed by atoms with Gasteiger partial charge in [0, 0.05) is 12.2 Å². The molecular formula is C17H21F3N6. The summed E-state index contributed by atoms with van der Waals surface area (Å²) in [5.74, 6) is -0.654. The number of nitrogens with two attached hydrogens (primary N) is 1. The van der Waals surface area contributed by atoms with Gasteiger partial charge in [0.15, 0.2) is 5.82 Å². The molecule has 1 aliphatic heterocycles. The summed E-state index contributed by atoms with van der Waals surface area (Å²) in [7, 11) is 0. The van der Waals surface area contributed by atoms with Crippen LogP contribution in [0.1, 0.15) is 31.6 Å². The minimum Gasteiger partial charge on any atom is -0.368 e. The SMILES string of the molecule is CC(c1nc(N)nc(Nc2ccccc2)n1)N1CCCC(C(F)(F)F)C1. The van der Waals surface area contributed by atoms with E-state index in [0.29, 0.717) is 18.8 Å².